The molecule has 0 spiro atoms. The standard InChI is InChI=1S/C5H5.3C3H7O.F3Ge.Zr/c1-2-4-5-3-1;3*1-3(2)4;1-4(2)3;/h1-3H,4H2;3*3H,1-2H3;;/q;3*-1;;+3. The van der Waals surface area contributed by atoms with Crippen LogP contribution in [0, 0.1) is 0 Å². The molecule has 0 aromatic rings. The van der Waals surface area contributed by atoms with Crippen LogP contribution >= 0.6 is 0 Å². The fourth-order valence-corrected chi connectivity index (χ4v) is 35.1. The van der Waals surface area contributed by atoms with Crippen LogP contribution in [0.2, 0.25) is 0 Å². The summed E-state index contributed by atoms with van der Waals surface area (Å²) in [5, 5.41) is 0. The van der Waals surface area contributed by atoms with Crippen molar-refractivity contribution in [1.82, 2.24) is 0 Å². The third kappa shape index (κ3) is 3.80. The third-order valence-electron chi connectivity index (χ3n) is 3.16. The van der Waals surface area contributed by atoms with Crippen molar-refractivity contribution in [1.29, 1.82) is 0 Å². The van der Waals surface area contributed by atoms with Gasteiger partial charge in [-0.1, -0.05) is 0 Å². The van der Waals surface area contributed by atoms with Crippen molar-refractivity contribution in [2.75, 3.05) is 0 Å². The first-order chi connectivity index (χ1) is 9.94. The average molecular weight is 463 g/mol. The van der Waals surface area contributed by atoms with Crippen LogP contribution in [0.5, 0.6) is 0 Å². The van der Waals surface area contributed by atoms with Crippen LogP contribution in [0.15, 0.2) is 21.5 Å². The Hall–Kier alpha value is 0.576. The van der Waals surface area contributed by atoms with Gasteiger partial charge in [0.2, 0.25) is 0 Å². The van der Waals surface area contributed by atoms with Gasteiger partial charge in [-0.15, -0.1) is 0 Å². The Morgan fingerprint density at radius 3 is 1.55 bits per heavy atom. The van der Waals surface area contributed by atoms with Crippen LogP contribution in [0.3, 0.4) is 0 Å². The number of hydrogen-bond acceptors (Lipinski definition) is 3. The summed E-state index contributed by atoms with van der Waals surface area (Å²) in [6.07, 6.45) is 3.19. The Balaban J connectivity index is 3.65. The SMILES string of the molecule is CC(C)[O][Zr]([O]C(C)C)([O]C(C)C)([C]1=CC=CC1)[Ge]([F])([F])[F]. The molecule has 1 rings (SSSR count). The first kappa shape index (κ1) is 20.6. The topological polar surface area (TPSA) is 27.7 Å². The molecule has 0 fully saturated rings. The maximum absolute atomic E-state index is 14.6. The van der Waals surface area contributed by atoms with E-state index in [-0.39, 0.29) is 9.70 Å². The van der Waals surface area contributed by atoms with Crippen molar-refractivity contribution in [3.05, 3.63) is 21.5 Å². The Kier molecular flexibility index (Phi) is 6.76. The molecule has 0 aliphatic heterocycles. The Morgan fingerprint density at radius 2 is 1.32 bits per heavy atom. The summed E-state index contributed by atoms with van der Waals surface area (Å²) >= 11 is -6.47. The molecule has 0 N–H and O–H groups in total. The molecular formula is C14H26F3GeO3Zr. The molecule has 0 heterocycles. The summed E-state index contributed by atoms with van der Waals surface area (Å²) in [7, 11) is -7.00. The van der Waals surface area contributed by atoms with Crippen molar-refractivity contribution in [2.24, 2.45) is 0 Å². The maximum atomic E-state index is 14.6. The predicted octanol–water partition coefficient (Wildman–Crippen LogP) is 4.88. The summed E-state index contributed by atoms with van der Waals surface area (Å²) in [5.41, 5.74) is 0. The van der Waals surface area contributed by atoms with Gasteiger partial charge in [0, 0.05) is 0 Å². The van der Waals surface area contributed by atoms with Gasteiger partial charge in [0.1, 0.15) is 0 Å². The molecule has 0 aromatic carbocycles. The van der Waals surface area contributed by atoms with Gasteiger partial charge in [-0.3, -0.25) is 0 Å². The normalized spacial score (nSPS) is 18.2. The first-order valence-electron chi connectivity index (χ1n) is 7.57. The van der Waals surface area contributed by atoms with E-state index in [1.807, 2.05) is 0 Å². The predicted molar refractivity (Wildman–Crippen MR) is 79.6 cm³/mol. The van der Waals surface area contributed by atoms with E-state index in [2.05, 4.69) is 0 Å². The molecule has 0 saturated heterocycles. The molecule has 0 atom stereocenters. The molecule has 0 aromatic heterocycles. The summed E-state index contributed by atoms with van der Waals surface area (Å²) in [6.45, 7) is 9.65. The van der Waals surface area contributed by atoms with Crippen molar-refractivity contribution >= 4 is 10.9 Å². The number of rotatable bonds is 8. The molecule has 1 aliphatic rings. The van der Waals surface area contributed by atoms with Gasteiger partial charge in [0.25, 0.3) is 0 Å². The summed E-state index contributed by atoms with van der Waals surface area (Å²) < 4.78 is 61.1. The number of allylic oxidation sites excluding steroid dienone is 4. The fraction of sp³-hybridized carbons (Fsp3) is 0.714. The minimum absolute atomic E-state index is 0.197. The summed E-state index contributed by atoms with van der Waals surface area (Å²) in [4.78, 5) is 0. The molecule has 0 amide bonds. The van der Waals surface area contributed by atoms with Crippen molar-refractivity contribution < 1.29 is 36.5 Å². The van der Waals surface area contributed by atoms with Crippen LogP contribution in [0.4, 0.5) is 10.5 Å². The fourth-order valence-electron chi connectivity index (χ4n) is 2.74. The van der Waals surface area contributed by atoms with Gasteiger partial charge in [-0.2, -0.15) is 0 Å². The van der Waals surface area contributed by atoms with Crippen LogP contribution in [-0.4, -0.2) is 29.2 Å². The van der Waals surface area contributed by atoms with Crippen LogP contribution in [0.1, 0.15) is 48.0 Å². The van der Waals surface area contributed by atoms with E-state index in [0.29, 0.717) is 0 Å². The van der Waals surface area contributed by atoms with E-state index in [0.717, 1.165) is 0 Å². The van der Waals surface area contributed by atoms with E-state index in [9.17, 15) is 10.5 Å². The van der Waals surface area contributed by atoms with Crippen molar-refractivity contribution in [3.8, 4) is 0 Å². The molecule has 0 radical (unpaired) electrons. The third-order valence-corrected chi connectivity index (χ3v) is 36.3. The van der Waals surface area contributed by atoms with Crippen molar-refractivity contribution in [3.63, 3.8) is 0 Å². The van der Waals surface area contributed by atoms with Crippen LogP contribution in [-0.2, 0) is 26.0 Å². The Labute approximate surface area is 134 Å². The van der Waals surface area contributed by atoms with E-state index in [1.165, 1.54) is 6.08 Å². The molecule has 0 saturated carbocycles. The molecule has 0 bridgehead atoms. The van der Waals surface area contributed by atoms with Crippen LogP contribution in [0.25, 0.3) is 0 Å². The molecule has 22 heavy (non-hydrogen) atoms. The van der Waals surface area contributed by atoms with Gasteiger partial charge in [0.15, 0.2) is 0 Å². The van der Waals surface area contributed by atoms with E-state index >= 15 is 0 Å². The van der Waals surface area contributed by atoms with Gasteiger partial charge in [0.05, 0.1) is 0 Å². The van der Waals surface area contributed by atoms with Gasteiger partial charge in [-0.25, -0.2) is 0 Å². The molecule has 1 aliphatic carbocycles. The van der Waals surface area contributed by atoms with Crippen LogP contribution < -0.4 is 0 Å². The zero-order valence-electron chi connectivity index (χ0n) is 14.0. The van der Waals surface area contributed by atoms with E-state index in [4.69, 9.17) is 8.44 Å². The number of hydrogen-bond donors (Lipinski definition) is 0. The second-order valence-electron chi connectivity index (χ2n) is 6.31. The molecular weight excluding hydrogens is 437 g/mol. The summed E-state index contributed by atoms with van der Waals surface area (Å²) in [6, 6.07) is 0. The van der Waals surface area contributed by atoms with Crippen molar-refractivity contribution in [2.45, 2.75) is 66.3 Å². The van der Waals surface area contributed by atoms with Gasteiger partial charge in [-0.05, 0) is 0 Å². The van der Waals surface area contributed by atoms with Gasteiger partial charge < -0.3 is 0 Å². The monoisotopic (exact) mass is 463 g/mol. The summed E-state index contributed by atoms with van der Waals surface area (Å²) in [5.74, 6) is 0. The molecule has 129 valence electrons. The van der Waals surface area contributed by atoms with E-state index in [1.54, 1.807) is 53.7 Å². The second kappa shape index (κ2) is 7.22. The second-order valence-corrected chi connectivity index (χ2v) is 34.5. The minimum atomic E-state index is -7.00. The zero-order valence-corrected chi connectivity index (χ0v) is 18.6. The zero-order chi connectivity index (χ0) is 17.2. The molecule has 8 heteroatoms. The Bertz CT molecular complexity index is 429. The van der Waals surface area contributed by atoms with Gasteiger partial charge >= 0.3 is 135 Å². The quantitative estimate of drug-likeness (QED) is 0.481. The molecule has 3 nitrogen and oxygen atoms in total. The number of halogens is 3. The molecule has 0 unspecified atom stereocenters. The Morgan fingerprint density at radius 1 is 0.909 bits per heavy atom. The first-order valence-corrected chi connectivity index (χ1v) is 21.6. The average Bonchev–Trinajstić information content (AvgIpc) is 2.77. The van der Waals surface area contributed by atoms with E-state index < -0.39 is 46.8 Å².